The summed E-state index contributed by atoms with van der Waals surface area (Å²) in [6.07, 6.45) is 0. The van der Waals surface area contributed by atoms with Crippen LogP contribution in [0.4, 0.5) is 5.69 Å². The lowest BCUT2D eigenvalue weighted by Gasteiger charge is -2.19. The van der Waals surface area contributed by atoms with Crippen LogP contribution in [0, 0.1) is 0 Å². The first-order chi connectivity index (χ1) is 12.9. The Bertz CT molecular complexity index is 964. The molecule has 1 aliphatic rings. The SMILES string of the molecule is COc1ccccc1OCCNS(=O)(=O)c1cc2c(cc1Cl)NC(=O)CO2. The molecule has 1 heterocycles. The van der Waals surface area contributed by atoms with Crippen molar-refractivity contribution in [2.75, 3.05) is 32.2 Å². The van der Waals surface area contributed by atoms with Gasteiger partial charge in [-0.15, -0.1) is 0 Å². The minimum atomic E-state index is -3.89. The maximum atomic E-state index is 12.5. The summed E-state index contributed by atoms with van der Waals surface area (Å²) in [4.78, 5) is 11.2. The van der Waals surface area contributed by atoms with E-state index in [1.54, 1.807) is 24.3 Å². The second-order valence-corrected chi connectivity index (χ2v) is 7.66. The Hall–Kier alpha value is -2.49. The molecule has 1 aliphatic heterocycles. The highest BCUT2D eigenvalue weighted by Crippen LogP contribution is 2.35. The molecule has 0 aliphatic carbocycles. The van der Waals surface area contributed by atoms with Crippen molar-refractivity contribution in [2.24, 2.45) is 0 Å². The minimum Gasteiger partial charge on any atom is -0.493 e. The van der Waals surface area contributed by atoms with Crippen LogP contribution in [0.1, 0.15) is 0 Å². The third-order valence-electron chi connectivity index (χ3n) is 3.68. The van der Waals surface area contributed by atoms with E-state index in [2.05, 4.69) is 10.0 Å². The number of rotatable bonds is 7. The first-order valence-electron chi connectivity index (χ1n) is 7.92. The summed E-state index contributed by atoms with van der Waals surface area (Å²) < 4.78 is 43.4. The number of methoxy groups -OCH3 is 1. The van der Waals surface area contributed by atoms with Gasteiger partial charge in [-0.25, -0.2) is 13.1 Å². The van der Waals surface area contributed by atoms with Crippen LogP contribution >= 0.6 is 11.6 Å². The van der Waals surface area contributed by atoms with Gasteiger partial charge in [0.1, 0.15) is 17.3 Å². The van der Waals surface area contributed by atoms with E-state index in [0.717, 1.165) is 0 Å². The number of benzene rings is 2. The Morgan fingerprint density at radius 2 is 2.00 bits per heavy atom. The highest BCUT2D eigenvalue weighted by atomic mass is 35.5. The molecule has 0 spiro atoms. The van der Waals surface area contributed by atoms with Gasteiger partial charge in [-0.3, -0.25) is 4.79 Å². The lowest BCUT2D eigenvalue weighted by Crippen LogP contribution is -2.29. The van der Waals surface area contributed by atoms with Gasteiger partial charge in [-0.05, 0) is 18.2 Å². The third-order valence-corrected chi connectivity index (χ3v) is 5.60. The first kappa shape index (κ1) is 19.3. The van der Waals surface area contributed by atoms with Gasteiger partial charge in [-0.1, -0.05) is 23.7 Å². The summed E-state index contributed by atoms with van der Waals surface area (Å²) in [6, 6.07) is 9.67. The molecule has 0 saturated carbocycles. The van der Waals surface area contributed by atoms with Crippen molar-refractivity contribution in [1.82, 2.24) is 4.72 Å². The summed E-state index contributed by atoms with van der Waals surface area (Å²) in [5.41, 5.74) is 0.328. The first-order valence-corrected chi connectivity index (χ1v) is 9.78. The van der Waals surface area contributed by atoms with E-state index in [4.69, 9.17) is 25.8 Å². The van der Waals surface area contributed by atoms with Crippen molar-refractivity contribution in [3.05, 3.63) is 41.4 Å². The molecule has 0 bridgehead atoms. The number of halogens is 1. The normalized spacial score (nSPS) is 13.3. The zero-order valence-corrected chi connectivity index (χ0v) is 15.9. The molecular formula is C17H17ClN2O6S. The summed E-state index contributed by atoms with van der Waals surface area (Å²) in [7, 11) is -2.37. The van der Waals surface area contributed by atoms with Gasteiger partial charge < -0.3 is 19.5 Å². The molecule has 2 N–H and O–H groups in total. The van der Waals surface area contributed by atoms with Gasteiger partial charge >= 0.3 is 0 Å². The number of carbonyl (C=O) groups is 1. The Labute approximate surface area is 161 Å². The molecule has 0 fully saturated rings. The summed E-state index contributed by atoms with van der Waals surface area (Å²) >= 11 is 6.07. The maximum absolute atomic E-state index is 12.5. The zero-order chi connectivity index (χ0) is 19.4. The molecular weight excluding hydrogens is 396 g/mol. The van der Waals surface area contributed by atoms with Crippen molar-refractivity contribution in [3.8, 4) is 17.2 Å². The molecule has 0 saturated heterocycles. The fraction of sp³-hybridized carbons (Fsp3) is 0.235. The maximum Gasteiger partial charge on any atom is 0.262 e. The van der Waals surface area contributed by atoms with Crippen molar-refractivity contribution >= 4 is 33.2 Å². The van der Waals surface area contributed by atoms with Gasteiger partial charge in [0, 0.05) is 12.6 Å². The quantitative estimate of drug-likeness (QED) is 0.674. The minimum absolute atomic E-state index is 0.0192. The number of para-hydroxylation sites is 2. The molecule has 144 valence electrons. The van der Waals surface area contributed by atoms with Crippen molar-refractivity contribution in [1.29, 1.82) is 0 Å². The van der Waals surface area contributed by atoms with E-state index < -0.39 is 10.0 Å². The fourth-order valence-corrected chi connectivity index (χ4v) is 3.99. The molecule has 8 nitrogen and oxygen atoms in total. The van der Waals surface area contributed by atoms with Crippen LogP contribution in [0.3, 0.4) is 0 Å². The fourth-order valence-electron chi connectivity index (χ4n) is 2.44. The molecule has 0 radical (unpaired) electrons. The highest BCUT2D eigenvalue weighted by Gasteiger charge is 2.24. The topological polar surface area (TPSA) is 103 Å². The van der Waals surface area contributed by atoms with Gasteiger partial charge in [-0.2, -0.15) is 0 Å². The lowest BCUT2D eigenvalue weighted by atomic mass is 10.2. The second-order valence-electron chi connectivity index (χ2n) is 5.51. The molecule has 2 aromatic rings. The second kappa shape index (κ2) is 8.03. The van der Waals surface area contributed by atoms with E-state index in [-0.39, 0.29) is 41.3 Å². The van der Waals surface area contributed by atoms with E-state index in [0.29, 0.717) is 17.2 Å². The lowest BCUT2D eigenvalue weighted by molar-refractivity contribution is -0.118. The number of fused-ring (bicyclic) bond motifs is 1. The molecule has 27 heavy (non-hydrogen) atoms. The molecule has 0 aromatic heterocycles. The van der Waals surface area contributed by atoms with Gasteiger partial charge in [0.15, 0.2) is 18.1 Å². The Morgan fingerprint density at radius 1 is 1.26 bits per heavy atom. The van der Waals surface area contributed by atoms with Crippen molar-refractivity contribution < 1.29 is 27.4 Å². The number of amides is 1. The van der Waals surface area contributed by atoms with Crippen LogP contribution in [0.25, 0.3) is 0 Å². The summed E-state index contributed by atoms with van der Waals surface area (Å²) in [5, 5.41) is 2.54. The van der Waals surface area contributed by atoms with Crippen LogP contribution in [0.15, 0.2) is 41.3 Å². The number of carbonyl (C=O) groups excluding carboxylic acids is 1. The van der Waals surface area contributed by atoms with Crippen LogP contribution in [0.2, 0.25) is 5.02 Å². The molecule has 10 heteroatoms. The van der Waals surface area contributed by atoms with E-state index in [1.165, 1.54) is 19.2 Å². The third kappa shape index (κ3) is 4.44. The van der Waals surface area contributed by atoms with Crippen molar-refractivity contribution in [3.63, 3.8) is 0 Å². The Morgan fingerprint density at radius 3 is 2.74 bits per heavy atom. The van der Waals surface area contributed by atoms with Crippen LogP contribution < -0.4 is 24.2 Å². The highest BCUT2D eigenvalue weighted by molar-refractivity contribution is 7.89. The number of anilines is 1. The van der Waals surface area contributed by atoms with Crippen molar-refractivity contribution in [2.45, 2.75) is 4.90 Å². The summed E-state index contributed by atoms with van der Waals surface area (Å²) in [6.45, 7) is -0.0750. The zero-order valence-electron chi connectivity index (χ0n) is 14.3. The smallest absolute Gasteiger partial charge is 0.262 e. The molecule has 2 aromatic carbocycles. The van der Waals surface area contributed by atoms with Gasteiger partial charge in [0.25, 0.3) is 5.91 Å². The molecule has 0 unspecified atom stereocenters. The number of sulfonamides is 1. The van der Waals surface area contributed by atoms with E-state index in [9.17, 15) is 13.2 Å². The largest absolute Gasteiger partial charge is 0.493 e. The number of nitrogens with one attached hydrogen (secondary N) is 2. The number of ether oxygens (including phenoxy) is 3. The predicted octanol–water partition coefficient (Wildman–Crippen LogP) is 2.04. The monoisotopic (exact) mass is 412 g/mol. The number of hydrogen-bond donors (Lipinski definition) is 2. The molecule has 3 rings (SSSR count). The van der Waals surface area contributed by atoms with Gasteiger partial charge in [0.2, 0.25) is 10.0 Å². The predicted molar refractivity (Wildman–Crippen MR) is 99.3 cm³/mol. The van der Waals surface area contributed by atoms with E-state index >= 15 is 0 Å². The average Bonchev–Trinajstić information content (AvgIpc) is 2.64. The standard InChI is InChI=1S/C17H17ClN2O6S/c1-24-13-4-2-3-5-14(13)25-7-6-19-27(22,23)16-9-15-12(8-11(16)18)20-17(21)10-26-15/h2-5,8-9,19H,6-7,10H2,1H3,(H,20,21). The van der Waals surface area contributed by atoms with Crippen LogP contribution in [-0.4, -0.2) is 41.2 Å². The van der Waals surface area contributed by atoms with Crippen LogP contribution in [-0.2, 0) is 14.8 Å². The number of hydrogen-bond acceptors (Lipinski definition) is 6. The molecule has 0 atom stereocenters. The van der Waals surface area contributed by atoms with Crippen LogP contribution in [0.5, 0.6) is 17.2 Å². The Balaban J connectivity index is 1.66. The Kier molecular flexibility index (Phi) is 5.73. The van der Waals surface area contributed by atoms with E-state index in [1.807, 2.05) is 0 Å². The van der Waals surface area contributed by atoms with Gasteiger partial charge in [0.05, 0.1) is 17.8 Å². The average molecular weight is 413 g/mol. The molecule has 1 amide bonds. The summed E-state index contributed by atoms with van der Waals surface area (Å²) in [5.74, 6) is 0.970.